The van der Waals surface area contributed by atoms with Crippen molar-refractivity contribution in [2.75, 3.05) is 12.4 Å². The molecular formula is C8H8ClN5. The number of anilines is 1. The largest absolute Gasteiger partial charge is 0.373 e. The molecule has 2 aromatic rings. The first-order chi connectivity index (χ1) is 6.79. The summed E-state index contributed by atoms with van der Waals surface area (Å²) in [5.41, 5.74) is 0. The first-order valence-corrected chi connectivity index (χ1v) is 4.38. The van der Waals surface area contributed by atoms with Crippen LogP contribution < -0.4 is 5.32 Å². The SMILES string of the molecule is CNc1cc(-n2cc(Cl)cn2)ncn1. The molecule has 0 aliphatic heterocycles. The van der Waals surface area contributed by atoms with Crippen LogP contribution in [0.1, 0.15) is 0 Å². The maximum atomic E-state index is 5.74. The molecule has 0 saturated heterocycles. The Morgan fingerprint density at radius 3 is 2.93 bits per heavy atom. The van der Waals surface area contributed by atoms with Crippen LogP contribution in [-0.2, 0) is 0 Å². The lowest BCUT2D eigenvalue weighted by atomic mass is 10.5. The molecule has 14 heavy (non-hydrogen) atoms. The molecule has 0 aliphatic carbocycles. The minimum Gasteiger partial charge on any atom is -0.373 e. The van der Waals surface area contributed by atoms with E-state index in [2.05, 4.69) is 20.4 Å². The fraction of sp³-hybridized carbons (Fsp3) is 0.125. The normalized spacial score (nSPS) is 10.1. The summed E-state index contributed by atoms with van der Waals surface area (Å²) in [5.74, 6) is 1.41. The van der Waals surface area contributed by atoms with E-state index < -0.39 is 0 Å². The Bertz CT molecular complexity index is 439. The predicted molar refractivity (Wildman–Crippen MR) is 53.7 cm³/mol. The van der Waals surface area contributed by atoms with Gasteiger partial charge in [0.15, 0.2) is 5.82 Å². The highest BCUT2D eigenvalue weighted by atomic mass is 35.5. The quantitative estimate of drug-likeness (QED) is 0.812. The van der Waals surface area contributed by atoms with E-state index in [0.29, 0.717) is 10.8 Å². The standard InChI is InChI=1S/C8H8ClN5/c1-10-7-2-8(12-5-11-7)14-4-6(9)3-13-14/h2-5H,1H3,(H,10,11,12). The second kappa shape index (κ2) is 3.63. The van der Waals surface area contributed by atoms with Crippen LogP contribution in [0.4, 0.5) is 5.82 Å². The minimum absolute atomic E-state index is 0.578. The van der Waals surface area contributed by atoms with Crippen molar-refractivity contribution in [2.24, 2.45) is 0 Å². The molecule has 6 heteroatoms. The Hall–Kier alpha value is -1.62. The number of halogens is 1. The number of hydrogen-bond donors (Lipinski definition) is 1. The summed E-state index contributed by atoms with van der Waals surface area (Å²) in [6.45, 7) is 0. The molecule has 0 unspecified atom stereocenters. The van der Waals surface area contributed by atoms with Gasteiger partial charge in [-0.3, -0.25) is 0 Å². The number of nitrogens with one attached hydrogen (secondary N) is 1. The Balaban J connectivity index is 2.41. The molecule has 5 nitrogen and oxygen atoms in total. The van der Waals surface area contributed by atoms with E-state index in [-0.39, 0.29) is 0 Å². The average Bonchev–Trinajstić information content (AvgIpc) is 2.65. The van der Waals surface area contributed by atoms with E-state index in [1.165, 1.54) is 6.33 Å². The maximum Gasteiger partial charge on any atom is 0.158 e. The highest BCUT2D eigenvalue weighted by Gasteiger charge is 2.01. The summed E-state index contributed by atoms with van der Waals surface area (Å²) < 4.78 is 1.59. The molecule has 0 spiro atoms. The molecule has 2 aromatic heterocycles. The molecule has 0 amide bonds. The zero-order valence-corrected chi connectivity index (χ0v) is 8.23. The Morgan fingerprint density at radius 2 is 2.29 bits per heavy atom. The second-order valence-corrected chi connectivity index (χ2v) is 3.05. The third-order valence-corrected chi connectivity index (χ3v) is 1.89. The van der Waals surface area contributed by atoms with E-state index in [0.717, 1.165) is 5.82 Å². The van der Waals surface area contributed by atoms with E-state index >= 15 is 0 Å². The third kappa shape index (κ3) is 1.67. The minimum atomic E-state index is 0.578. The molecule has 0 bridgehead atoms. The van der Waals surface area contributed by atoms with Gasteiger partial charge in [0.25, 0.3) is 0 Å². The Labute approximate surface area is 85.8 Å². The summed E-state index contributed by atoms with van der Waals surface area (Å²) in [5, 5.41) is 7.53. The monoisotopic (exact) mass is 209 g/mol. The Morgan fingerprint density at radius 1 is 1.43 bits per heavy atom. The van der Waals surface area contributed by atoms with Crippen LogP contribution in [0.5, 0.6) is 0 Å². The maximum absolute atomic E-state index is 5.74. The van der Waals surface area contributed by atoms with Gasteiger partial charge < -0.3 is 5.32 Å². The fourth-order valence-electron chi connectivity index (χ4n) is 1.04. The van der Waals surface area contributed by atoms with Crippen LogP contribution in [0.3, 0.4) is 0 Å². The lowest BCUT2D eigenvalue weighted by Crippen LogP contribution is -2.00. The van der Waals surface area contributed by atoms with Crippen LogP contribution in [0.25, 0.3) is 5.82 Å². The summed E-state index contributed by atoms with van der Waals surface area (Å²) >= 11 is 5.74. The number of aromatic nitrogens is 4. The van der Waals surface area contributed by atoms with Crippen molar-refractivity contribution in [3.8, 4) is 5.82 Å². The van der Waals surface area contributed by atoms with E-state index in [1.807, 2.05) is 0 Å². The van der Waals surface area contributed by atoms with Crippen molar-refractivity contribution in [3.63, 3.8) is 0 Å². The molecule has 0 atom stereocenters. The van der Waals surface area contributed by atoms with Gasteiger partial charge in [-0.05, 0) is 0 Å². The molecule has 1 N–H and O–H groups in total. The smallest absolute Gasteiger partial charge is 0.158 e. The lowest BCUT2D eigenvalue weighted by Gasteiger charge is -2.01. The van der Waals surface area contributed by atoms with Gasteiger partial charge in [0.2, 0.25) is 0 Å². The van der Waals surface area contributed by atoms with Gasteiger partial charge in [-0.2, -0.15) is 5.10 Å². The highest BCUT2D eigenvalue weighted by Crippen LogP contribution is 2.11. The van der Waals surface area contributed by atoms with Crippen molar-refractivity contribution in [1.82, 2.24) is 19.7 Å². The van der Waals surface area contributed by atoms with Crippen LogP contribution >= 0.6 is 11.6 Å². The fourth-order valence-corrected chi connectivity index (χ4v) is 1.17. The topological polar surface area (TPSA) is 55.6 Å². The molecular weight excluding hydrogens is 202 g/mol. The second-order valence-electron chi connectivity index (χ2n) is 2.61. The Kier molecular flexibility index (Phi) is 2.32. The van der Waals surface area contributed by atoms with Gasteiger partial charge >= 0.3 is 0 Å². The third-order valence-electron chi connectivity index (χ3n) is 1.69. The van der Waals surface area contributed by atoms with Crippen molar-refractivity contribution in [1.29, 1.82) is 0 Å². The van der Waals surface area contributed by atoms with Gasteiger partial charge in [-0.15, -0.1) is 0 Å². The molecule has 0 radical (unpaired) electrons. The van der Waals surface area contributed by atoms with Crippen molar-refractivity contribution in [2.45, 2.75) is 0 Å². The molecule has 0 saturated carbocycles. The summed E-state index contributed by atoms with van der Waals surface area (Å²) in [7, 11) is 1.79. The molecule has 2 heterocycles. The number of nitrogens with zero attached hydrogens (tertiary/aromatic N) is 4. The van der Waals surface area contributed by atoms with Crippen molar-refractivity contribution in [3.05, 3.63) is 29.8 Å². The summed E-state index contributed by atoms with van der Waals surface area (Å²) in [6.07, 6.45) is 4.71. The highest BCUT2D eigenvalue weighted by molar-refractivity contribution is 6.30. The van der Waals surface area contributed by atoms with Crippen LogP contribution in [0.2, 0.25) is 5.02 Å². The first-order valence-electron chi connectivity index (χ1n) is 4.00. The summed E-state index contributed by atoms with van der Waals surface area (Å²) in [4.78, 5) is 8.06. The van der Waals surface area contributed by atoms with Crippen molar-refractivity contribution < 1.29 is 0 Å². The molecule has 0 aliphatic rings. The molecule has 72 valence electrons. The van der Waals surface area contributed by atoms with Crippen LogP contribution in [0.15, 0.2) is 24.8 Å². The van der Waals surface area contributed by atoms with Gasteiger partial charge in [-0.25, -0.2) is 14.6 Å². The number of rotatable bonds is 2. The van der Waals surface area contributed by atoms with Gasteiger partial charge in [0, 0.05) is 13.1 Å². The zero-order valence-electron chi connectivity index (χ0n) is 7.48. The lowest BCUT2D eigenvalue weighted by molar-refractivity contribution is 0.840. The van der Waals surface area contributed by atoms with E-state index in [4.69, 9.17) is 11.6 Å². The molecule has 0 aromatic carbocycles. The first kappa shape index (κ1) is 8.96. The van der Waals surface area contributed by atoms with Crippen LogP contribution in [-0.4, -0.2) is 26.8 Å². The molecule has 2 rings (SSSR count). The van der Waals surface area contributed by atoms with Gasteiger partial charge in [0.1, 0.15) is 12.1 Å². The number of hydrogen-bond acceptors (Lipinski definition) is 4. The van der Waals surface area contributed by atoms with Gasteiger partial charge in [-0.1, -0.05) is 11.6 Å². The molecule has 0 fully saturated rings. The van der Waals surface area contributed by atoms with Gasteiger partial charge in [0.05, 0.1) is 17.4 Å². The van der Waals surface area contributed by atoms with Crippen LogP contribution in [0, 0.1) is 0 Å². The van der Waals surface area contributed by atoms with E-state index in [1.54, 1.807) is 30.2 Å². The predicted octanol–water partition coefficient (Wildman–Crippen LogP) is 1.36. The van der Waals surface area contributed by atoms with E-state index in [9.17, 15) is 0 Å². The zero-order chi connectivity index (χ0) is 9.97. The summed E-state index contributed by atoms with van der Waals surface area (Å²) in [6, 6.07) is 1.78. The average molecular weight is 210 g/mol. The van der Waals surface area contributed by atoms with Crippen molar-refractivity contribution >= 4 is 17.4 Å².